The summed E-state index contributed by atoms with van der Waals surface area (Å²) in [6.45, 7) is 4.53. The summed E-state index contributed by atoms with van der Waals surface area (Å²) in [6, 6.07) is 0. The summed E-state index contributed by atoms with van der Waals surface area (Å²) < 4.78 is 6.00. The van der Waals surface area contributed by atoms with E-state index in [2.05, 4.69) is 26.0 Å². The Kier molecular flexibility index (Phi) is 33.1. The average molecular weight is 593 g/mol. The van der Waals surface area contributed by atoms with Crippen LogP contribution in [0, 0.1) is 0 Å². The molecule has 0 spiro atoms. The van der Waals surface area contributed by atoms with Gasteiger partial charge in [0.1, 0.15) is 6.10 Å². The van der Waals surface area contributed by atoms with Crippen LogP contribution in [0.15, 0.2) is 12.2 Å². The molecule has 0 amide bonds. The van der Waals surface area contributed by atoms with Crippen molar-refractivity contribution >= 4 is 11.9 Å². The van der Waals surface area contributed by atoms with Crippen LogP contribution in [0.25, 0.3) is 0 Å². The number of esters is 1. The lowest BCUT2D eigenvalue weighted by Gasteiger charge is -2.18. The summed E-state index contributed by atoms with van der Waals surface area (Å²) >= 11 is 0. The highest BCUT2D eigenvalue weighted by molar-refractivity contribution is 5.69. The van der Waals surface area contributed by atoms with Gasteiger partial charge in [0.25, 0.3) is 0 Å². The van der Waals surface area contributed by atoms with Gasteiger partial charge in [-0.25, -0.2) is 0 Å². The van der Waals surface area contributed by atoms with Crippen LogP contribution in [0.4, 0.5) is 0 Å². The summed E-state index contributed by atoms with van der Waals surface area (Å²) in [4.78, 5) is 23.3. The number of carboxylic acids is 1. The maximum Gasteiger partial charge on any atom is 0.306 e. The van der Waals surface area contributed by atoms with Crippen molar-refractivity contribution < 1.29 is 19.4 Å². The summed E-state index contributed by atoms with van der Waals surface area (Å²) in [5.41, 5.74) is 0. The van der Waals surface area contributed by atoms with Gasteiger partial charge in [0.2, 0.25) is 0 Å². The highest BCUT2D eigenvalue weighted by Gasteiger charge is 2.14. The molecule has 0 saturated carbocycles. The Labute approximate surface area is 262 Å². The normalized spacial score (nSPS) is 12.2. The van der Waals surface area contributed by atoms with E-state index in [-0.39, 0.29) is 18.5 Å². The molecule has 248 valence electrons. The monoisotopic (exact) mass is 593 g/mol. The van der Waals surface area contributed by atoms with Gasteiger partial charge in [0.15, 0.2) is 0 Å². The van der Waals surface area contributed by atoms with Gasteiger partial charge in [-0.15, -0.1) is 0 Å². The van der Waals surface area contributed by atoms with E-state index in [1.54, 1.807) is 0 Å². The number of ether oxygens (including phenoxy) is 1. The van der Waals surface area contributed by atoms with Crippen LogP contribution in [0.5, 0.6) is 0 Å². The van der Waals surface area contributed by atoms with Gasteiger partial charge in [-0.2, -0.15) is 0 Å². The van der Waals surface area contributed by atoms with Crippen molar-refractivity contribution in [3.8, 4) is 0 Å². The minimum atomic E-state index is -0.692. The lowest BCUT2D eigenvalue weighted by atomic mass is 10.0. The highest BCUT2D eigenvalue weighted by atomic mass is 16.5. The van der Waals surface area contributed by atoms with E-state index in [1.807, 2.05) is 0 Å². The number of allylic oxidation sites excluding steroid dienone is 2. The molecule has 0 aliphatic heterocycles. The number of unbranched alkanes of at least 4 members (excludes halogenated alkanes) is 23. The minimum Gasteiger partial charge on any atom is -0.481 e. The molecular weight excluding hydrogens is 520 g/mol. The van der Waals surface area contributed by atoms with Crippen molar-refractivity contribution in [2.45, 2.75) is 219 Å². The first kappa shape index (κ1) is 40.7. The number of aliphatic carboxylic acids is 1. The maximum atomic E-state index is 12.6. The zero-order chi connectivity index (χ0) is 30.8. The molecule has 4 nitrogen and oxygen atoms in total. The molecule has 0 radical (unpaired) electrons. The third kappa shape index (κ3) is 33.2. The topological polar surface area (TPSA) is 63.6 Å². The molecular formula is C38H72O4. The van der Waals surface area contributed by atoms with Crippen molar-refractivity contribution in [3.05, 3.63) is 12.2 Å². The zero-order valence-corrected chi connectivity index (χ0v) is 28.3. The zero-order valence-electron chi connectivity index (χ0n) is 28.3. The fourth-order valence-electron chi connectivity index (χ4n) is 5.71. The first-order valence-corrected chi connectivity index (χ1v) is 18.7. The van der Waals surface area contributed by atoms with Crippen LogP contribution in [0.2, 0.25) is 0 Å². The quantitative estimate of drug-likeness (QED) is 0.0458. The number of hydrogen-bond acceptors (Lipinski definition) is 3. The predicted octanol–water partition coefficient (Wildman–Crippen LogP) is 12.7. The molecule has 0 aromatic rings. The van der Waals surface area contributed by atoms with Gasteiger partial charge in [-0.1, -0.05) is 148 Å². The van der Waals surface area contributed by atoms with E-state index < -0.39 is 5.97 Å². The Hall–Kier alpha value is -1.32. The second kappa shape index (κ2) is 34.2. The third-order valence-corrected chi connectivity index (χ3v) is 8.49. The molecule has 0 rings (SSSR count). The molecule has 1 unspecified atom stereocenters. The van der Waals surface area contributed by atoms with Gasteiger partial charge in [0.05, 0.1) is 0 Å². The second-order valence-electron chi connectivity index (χ2n) is 12.8. The van der Waals surface area contributed by atoms with Crippen molar-refractivity contribution in [2.24, 2.45) is 0 Å². The molecule has 42 heavy (non-hydrogen) atoms. The van der Waals surface area contributed by atoms with Crippen LogP contribution in [0.1, 0.15) is 213 Å². The van der Waals surface area contributed by atoms with Crippen LogP contribution in [-0.4, -0.2) is 23.1 Å². The molecule has 0 aromatic carbocycles. The number of carbonyl (C=O) groups is 2. The molecule has 0 fully saturated rings. The summed E-state index contributed by atoms with van der Waals surface area (Å²) in [6.07, 6.45) is 40.8. The number of carbonyl (C=O) groups excluding carboxylic acids is 1. The van der Waals surface area contributed by atoms with Crippen molar-refractivity contribution in [1.29, 1.82) is 0 Å². The van der Waals surface area contributed by atoms with E-state index in [0.717, 1.165) is 70.6 Å². The Morgan fingerprint density at radius 3 is 1.31 bits per heavy atom. The van der Waals surface area contributed by atoms with Gasteiger partial charge in [-0.3, -0.25) is 9.59 Å². The number of carboxylic acid groups (broad SMARTS) is 1. The van der Waals surface area contributed by atoms with E-state index in [4.69, 9.17) is 9.84 Å². The maximum absolute atomic E-state index is 12.6. The lowest BCUT2D eigenvalue weighted by Crippen LogP contribution is -2.18. The lowest BCUT2D eigenvalue weighted by molar-refractivity contribution is -0.150. The summed E-state index contributed by atoms with van der Waals surface area (Å²) in [7, 11) is 0. The largest absolute Gasteiger partial charge is 0.481 e. The first-order chi connectivity index (χ1) is 20.6. The van der Waals surface area contributed by atoms with Crippen molar-refractivity contribution in [2.75, 3.05) is 0 Å². The molecule has 0 bridgehead atoms. The summed E-state index contributed by atoms with van der Waals surface area (Å²) in [5, 5.41) is 8.77. The Bertz CT molecular complexity index is 600. The molecule has 0 saturated heterocycles. The second-order valence-corrected chi connectivity index (χ2v) is 12.8. The predicted molar refractivity (Wildman–Crippen MR) is 181 cm³/mol. The minimum absolute atomic E-state index is 0.00626. The summed E-state index contributed by atoms with van der Waals surface area (Å²) in [5.74, 6) is -0.686. The van der Waals surface area contributed by atoms with Crippen LogP contribution < -0.4 is 0 Å². The molecule has 1 atom stereocenters. The molecule has 4 heteroatoms. The highest BCUT2D eigenvalue weighted by Crippen LogP contribution is 2.19. The Morgan fingerprint density at radius 1 is 0.500 bits per heavy atom. The molecule has 0 heterocycles. The van der Waals surface area contributed by atoms with Gasteiger partial charge >= 0.3 is 11.9 Å². The van der Waals surface area contributed by atoms with E-state index >= 15 is 0 Å². The molecule has 0 aliphatic rings. The van der Waals surface area contributed by atoms with E-state index in [9.17, 15) is 9.59 Å². The Balaban J connectivity index is 4.06. The fourth-order valence-corrected chi connectivity index (χ4v) is 5.71. The number of hydrogen-bond donors (Lipinski definition) is 1. The van der Waals surface area contributed by atoms with Crippen LogP contribution >= 0.6 is 0 Å². The molecule has 1 N–H and O–H groups in total. The molecule has 0 aromatic heterocycles. The van der Waals surface area contributed by atoms with Crippen molar-refractivity contribution in [1.82, 2.24) is 0 Å². The number of rotatable bonds is 34. The SMILES string of the molecule is CCCCCC/C=C\CCCCCCCC(=O)OC(CCCCCCCCCCCC)CCCCCCCCC(=O)O. The van der Waals surface area contributed by atoms with E-state index in [1.165, 1.54) is 116 Å². The third-order valence-electron chi connectivity index (χ3n) is 8.49. The standard InChI is InChI=1S/C38H72O4/c1-3-5-7-9-11-13-15-16-17-19-21-27-31-35-38(41)42-36(33-29-25-22-23-26-30-34-37(39)40)32-28-24-20-18-14-12-10-8-6-4-2/h13,15,36H,3-12,14,16-35H2,1-2H3,(H,39,40)/b15-13-. The molecule has 0 aliphatic carbocycles. The van der Waals surface area contributed by atoms with Crippen molar-refractivity contribution in [3.63, 3.8) is 0 Å². The van der Waals surface area contributed by atoms with Gasteiger partial charge < -0.3 is 9.84 Å². The smallest absolute Gasteiger partial charge is 0.306 e. The van der Waals surface area contributed by atoms with E-state index in [0.29, 0.717) is 6.42 Å². The first-order valence-electron chi connectivity index (χ1n) is 18.7. The van der Waals surface area contributed by atoms with Gasteiger partial charge in [0, 0.05) is 12.8 Å². The Morgan fingerprint density at radius 2 is 0.857 bits per heavy atom. The van der Waals surface area contributed by atoms with Crippen LogP contribution in [0.3, 0.4) is 0 Å². The van der Waals surface area contributed by atoms with Crippen LogP contribution in [-0.2, 0) is 14.3 Å². The fraction of sp³-hybridized carbons (Fsp3) is 0.895. The average Bonchev–Trinajstić information content (AvgIpc) is 2.97. The van der Waals surface area contributed by atoms with Gasteiger partial charge in [-0.05, 0) is 64.2 Å².